The number of carbonyl (C=O) groups excluding carboxylic acids is 1. The fourth-order valence-corrected chi connectivity index (χ4v) is 3.66. The molecule has 0 fully saturated rings. The monoisotopic (exact) mass is 260 g/mol. The smallest absolute Gasteiger partial charge is 0.124 e. The van der Waals surface area contributed by atoms with Crippen LogP contribution in [0, 0.1) is 11.8 Å². The second-order valence-electron chi connectivity index (χ2n) is 6.23. The molecule has 1 heteroatoms. The molecule has 2 aliphatic carbocycles. The largest absolute Gasteiger partial charge is 0.303 e. The lowest BCUT2D eigenvalue weighted by Crippen LogP contribution is -2.17. The van der Waals surface area contributed by atoms with E-state index in [4.69, 9.17) is 0 Å². The van der Waals surface area contributed by atoms with Crippen LogP contribution in [0.2, 0.25) is 0 Å². The molecule has 0 N–H and O–H groups in total. The number of carbonyl (C=O) groups is 1. The molecule has 0 radical (unpaired) electrons. The van der Waals surface area contributed by atoms with Crippen LogP contribution in [0.1, 0.15) is 70.6 Å². The number of hydrogen-bond donors (Lipinski definition) is 0. The summed E-state index contributed by atoms with van der Waals surface area (Å²) in [6, 6.07) is 0. The van der Waals surface area contributed by atoms with E-state index in [0.717, 1.165) is 18.1 Å². The summed E-state index contributed by atoms with van der Waals surface area (Å²) < 4.78 is 0. The molecule has 2 rings (SSSR count). The molecule has 0 bridgehead atoms. The van der Waals surface area contributed by atoms with Gasteiger partial charge in [-0.2, -0.15) is 0 Å². The Morgan fingerprint density at radius 2 is 1.79 bits per heavy atom. The highest BCUT2D eigenvalue weighted by Crippen LogP contribution is 2.35. The van der Waals surface area contributed by atoms with Crippen molar-refractivity contribution in [3.05, 3.63) is 23.8 Å². The quantitative estimate of drug-likeness (QED) is 0.502. The van der Waals surface area contributed by atoms with E-state index in [9.17, 15) is 4.79 Å². The van der Waals surface area contributed by atoms with E-state index in [1.165, 1.54) is 69.8 Å². The normalized spacial score (nSPS) is 29.6. The van der Waals surface area contributed by atoms with Gasteiger partial charge in [0.15, 0.2) is 0 Å². The lowest BCUT2D eigenvalue weighted by atomic mass is 9.76. The molecular weight excluding hydrogens is 232 g/mol. The highest BCUT2D eigenvalue weighted by atomic mass is 16.1. The number of aldehydes is 1. The van der Waals surface area contributed by atoms with Crippen LogP contribution >= 0.6 is 0 Å². The van der Waals surface area contributed by atoms with Crippen molar-refractivity contribution in [2.45, 2.75) is 70.6 Å². The molecular formula is C18H28O. The van der Waals surface area contributed by atoms with Gasteiger partial charge in [-0.25, -0.2) is 0 Å². The van der Waals surface area contributed by atoms with Crippen molar-refractivity contribution in [1.82, 2.24) is 0 Å². The summed E-state index contributed by atoms with van der Waals surface area (Å²) in [5.74, 6) is 1.67. The maximum atomic E-state index is 10.8. The van der Waals surface area contributed by atoms with E-state index >= 15 is 0 Å². The van der Waals surface area contributed by atoms with Gasteiger partial charge in [0.1, 0.15) is 6.29 Å². The van der Waals surface area contributed by atoms with E-state index in [-0.39, 0.29) is 0 Å². The van der Waals surface area contributed by atoms with Crippen LogP contribution in [0.15, 0.2) is 23.8 Å². The van der Waals surface area contributed by atoms with Gasteiger partial charge in [0.25, 0.3) is 0 Å². The summed E-state index contributed by atoms with van der Waals surface area (Å²) in [5, 5.41) is 0. The summed E-state index contributed by atoms with van der Waals surface area (Å²) in [5.41, 5.74) is 1.41. The molecule has 0 amide bonds. The second kappa shape index (κ2) is 8.35. The number of rotatable bonds is 3. The van der Waals surface area contributed by atoms with Gasteiger partial charge in [0.2, 0.25) is 0 Å². The van der Waals surface area contributed by atoms with Crippen molar-refractivity contribution in [2.24, 2.45) is 11.8 Å². The summed E-state index contributed by atoms with van der Waals surface area (Å²) in [7, 11) is 0. The van der Waals surface area contributed by atoms with Gasteiger partial charge in [-0.15, -0.1) is 0 Å². The van der Waals surface area contributed by atoms with Gasteiger partial charge in [-0.05, 0) is 63.2 Å². The fraction of sp³-hybridized carbons (Fsp3) is 0.722. The van der Waals surface area contributed by atoms with Gasteiger partial charge < -0.3 is 4.79 Å². The molecule has 19 heavy (non-hydrogen) atoms. The molecule has 0 spiro atoms. The Hall–Kier alpha value is -0.850. The average molecular weight is 260 g/mol. The van der Waals surface area contributed by atoms with E-state index in [1.54, 1.807) is 0 Å². The predicted octanol–water partition coefficient (Wildman–Crippen LogP) is 5.22. The first kappa shape index (κ1) is 14.6. The third-order valence-corrected chi connectivity index (χ3v) is 4.80. The Morgan fingerprint density at radius 1 is 1.00 bits per heavy atom. The number of allylic oxidation sites excluding steroid dienone is 4. The molecule has 0 heterocycles. The Kier molecular flexibility index (Phi) is 6.39. The third kappa shape index (κ3) is 4.97. The highest BCUT2D eigenvalue weighted by Gasteiger charge is 2.22. The van der Waals surface area contributed by atoms with Crippen LogP contribution in [0.25, 0.3) is 0 Å². The van der Waals surface area contributed by atoms with Crippen molar-refractivity contribution in [2.75, 3.05) is 0 Å². The summed E-state index contributed by atoms with van der Waals surface area (Å²) in [6.45, 7) is 0. The molecule has 0 saturated carbocycles. The summed E-state index contributed by atoms with van der Waals surface area (Å²) in [6.07, 6.45) is 22.0. The molecule has 0 aromatic rings. The van der Waals surface area contributed by atoms with Crippen molar-refractivity contribution in [3.8, 4) is 0 Å². The van der Waals surface area contributed by atoms with Crippen LogP contribution in [-0.2, 0) is 4.79 Å². The second-order valence-corrected chi connectivity index (χ2v) is 6.23. The van der Waals surface area contributed by atoms with Crippen LogP contribution in [0.3, 0.4) is 0 Å². The topological polar surface area (TPSA) is 17.1 Å². The summed E-state index contributed by atoms with van der Waals surface area (Å²) >= 11 is 0. The van der Waals surface area contributed by atoms with Gasteiger partial charge >= 0.3 is 0 Å². The first-order valence-corrected chi connectivity index (χ1v) is 8.16. The molecule has 0 aliphatic heterocycles. The summed E-state index contributed by atoms with van der Waals surface area (Å²) in [4.78, 5) is 10.8. The van der Waals surface area contributed by atoms with Gasteiger partial charge in [0.05, 0.1) is 0 Å². The Balaban J connectivity index is 2.00. The van der Waals surface area contributed by atoms with Gasteiger partial charge in [0, 0.05) is 6.42 Å². The zero-order valence-electron chi connectivity index (χ0n) is 12.2. The minimum absolute atomic E-state index is 0.666. The zero-order valence-corrected chi connectivity index (χ0v) is 12.2. The first-order valence-electron chi connectivity index (χ1n) is 8.16. The van der Waals surface area contributed by atoms with E-state index in [0.29, 0.717) is 6.42 Å². The van der Waals surface area contributed by atoms with E-state index < -0.39 is 0 Å². The van der Waals surface area contributed by atoms with Crippen molar-refractivity contribution < 1.29 is 4.79 Å². The number of hydrogen-bond acceptors (Lipinski definition) is 1. The average Bonchev–Trinajstić information content (AvgIpc) is 2.33. The molecule has 0 saturated heterocycles. The van der Waals surface area contributed by atoms with Crippen LogP contribution in [-0.4, -0.2) is 6.29 Å². The Bertz CT molecular complexity index is 327. The molecule has 2 aliphatic rings. The van der Waals surface area contributed by atoms with E-state index in [2.05, 4.69) is 18.2 Å². The van der Waals surface area contributed by atoms with Gasteiger partial charge in [-0.3, -0.25) is 0 Å². The van der Waals surface area contributed by atoms with E-state index in [1.807, 2.05) is 0 Å². The first-order chi connectivity index (χ1) is 9.40. The lowest BCUT2D eigenvalue weighted by Gasteiger charge is -2.29. The SMILES string of the molecule is O=CCC1=CCCCCC(C2CC=CCCCC2)C1. The molecule has 106 valence electrons. The molecule has 0 aromatic heterocycles. The third-order valence-electron chi connectivity index (χ3n) is 4.80. The highest BCUT2D eigenvalue weighted by molar-refractivity contribution is 5.54. The van der Waals surface area contributed by atoms with Crippen molar-refractivity contribution in [1.29, 1.82) is 0 Å². The van der Waals surface area contributed by atoms with Crippen LogP contribution in [0.4, 0.5) is 0 Å². The fourth-order valence-electron chi connectivity index (χ4n) is 3.66. The minimum atomic E-state index is 0.666. The molecule has 2 unspecified atom stereocenters. The van der Waals surface area contributed by atoms with Crippen LogP contribution in [0.5, 0.6) is 0 Å². The minimum Gasteiger partial charge on any atom is -0.303 e. The van der Waals surface area contributed by atoms with Gasteiger partial charge in [-0.1, -0.05) is 36.6 Å². The van der Waals surface area contributed by atoms with Crippen LogP contribution < -0.4 is 0 Å². The maximum absolute atomic E-state index is 10.8. The molecule has 1 nitrogen and oxygen atoms in total. The molecule has 0 aromatic carbocycles. The maximum Gasteiger partial charge on any atom is 0.124 e. The van der Waals surface area contributed by atoms with Crippen molar-refractivity contribution >= 4 is 6.29 Å². The Labute approximate surface area is 118 Å². The Morgan fingerprint density at radius 3 is 2.63 bits per heavy atom. The van der Waals surface area contributed by atoms with Crippen molar-refractivity contribution in [3.63, 3.8) is 0 Å². The standard InChI is InChI=1S/C18H28O/c19-14-13-16-9-5-4-8-12-18(15-16)17-10-6-2-1-3-7-11-17/h2,6,9,14,17-18H,1,3-5,7-8,10-13,15H2. The predicted molar refractivity (Wildman–Crippen MR) is 81.1 cm³/mol. The zero-order chi connectivity index (χ0) is 13.3. The molecule has 2 atom stereocenters. The lowest BCUT2D eigenvalue weighted by molar-refractivity contribution is -0.107.